The second-order valence-corrected chi connectivity index (χ2v) is 33.4. The lowest BCUT2D eigenvalue weighted by Gasteiger charge is -2.31. The minimum Gasteiger partial charge on any atom is -0.369 e. The van der Waals surface area contributed by atoms with Gasteiger partial charge in [-0.05, 0) is 88.3 Å². The molecule has 0 aliphatic carbocycles. The Bertz CT molecular complexity index is 4490. The summed E-state index contributed by atoms with van der Waals surface area (Å²) in [6.45, 7) is 13.6. The quantitative estimate of drug-likeness (QED) is 0.0435. The number of ether oxygens (including phenoxy) is 6. The molecule has 12 fully saturated rings. The van der Waals surface area contributed by atoms with E-state index in [0.717, 1.165) is 58.2 Å². The number of aryl methyl sites for hydroxylation is 2. The predicted molar refractivity (Wildman–Crippen MR) is 386 cm³/mol. The van der Waals surface area contributed by atoms with Crippen LogP contribution in [0.25, 0.3) is 11.2 Å². The summed E-state index contributed by atoms with van der Waals surface area (Å²) in [5, 5.41) is 0. The molecule has 3 unspecified atom stereocenters. The summed E-state index contributed by atoms with van der Waals surface area (Å²) in [5.41, 5.74) is 0.892. The van der Waals surface area contributed by atoms with Crippen molar-refractivity contribution < 1.29 is 55.6 Å². The monoisotopic (exact) mass is 1500 g/mol. The van der Waals surface area contributed by atoms with E-state index in [1.807, 2.05) is 70.4 Å². The predicted octanol–water partition coefficient (Wildman–Crippen LogP) is 8.80. The molecule has 12 aliphatic rings. The van der Waals surface area contributed by atoms with E-state index in [2.05, 4.69) is 99.4 Å². The Balaban J connectivity index is 0.000000117. The molecule has 33 heteroatoms. The van der Waals surface area contributed by atoms with E-state index < -0.39 is 102 Å². The maximum absolute atomic E-state index is 12.7. The average molecular weight is 1500 g/mol. The van der Waals surface area contributed by atoms with Crippen LogP contribution in [-0.2, 0) is 55.6 Å². The molecule has 12 aliphatic heterocycles. The Morgan fingerprint density at radius 2 is 0.905 bits per heavy atom. The van der Waals surface area contributed by atoms with Crippen molar-refractivity contribution in [2.75, 3.05) is 53.6 Å². The Morgan fingerprint density at radius 1 is 0.533 bits per heavy atom. The van der Waals surface area contributed by atoms with Crippen molar-refractivity contribution in [1.29, 1.82) is 0 Å². The molecule has 3 aromatic carbocycles. The molecular formula is C72H88N13O17P3. The number of rotatable bonds is 17. The molecule has 6 bridgehead atoms. The van der Waals surface area contributed by atoms with Gasteiger partial charge in [0.1, 0.15) is 71.7 Å². The summed E-state index contributed by atoms with van der Waals surface area (Å²) in [6.07, 6.45) is 10.6. The second-order valence-electron chi connectivity index (χ2n) is 29.2. The Hall–Kier alpha value is -6.47. The molecule has 21 atom stereocenters. The highest BCUT2D eigenvalue weighted by Crippen LogP contribution is 2.67. The minimum absolute atomic E-state index is 0.0104. The van der Waals surface area contributed by atoms with Crippen LogP contribution in [0.2, 0.25) is 0 Å². The topological polar surface area (TPSA) is 309 Å². The van der Waals surface area contributed by atoms with Crippen molar-refractivity contribution in [2.24, 2.45) is 4.99 Å². The Labute approximate surface area is 608 Å². The van der Waals surface area contributed by atoms with Crippen LogP contribution in [0.4, 0.5) is 5.95 Å². The van der Waals surface area contributed by atoms with Crippen LogP contribution in [-0.4, -0.2) is 189 Å². The fraction of sp³-hybridized carbons (Fsp3) is 0.556. The molecule has 7 aromatic rings. The van der Waals surface area contributed by atoms with E-state index in [4.69, 9.17) is 55.6 Å². The molecule has 3 N–H and O–H groups in total. The standard InChI is InChI=1S/C26H32N7O5P.2C23H28N3O6P/c1-4-26-13-35-20(21(26)38-39-33-12-8-11-17(33)19(37-39)16-9-6-5-7-10-16)24(36-26)32-15-27-18-22(32)29-25(30-23(18)34)28-14-31(2)3;2*1-3-23-13-29-18(21(30-23)25-12-14(2)20(27)24-22(25)28)19(23)32-33-26-11-7-10-16(26)17(31-33)15-8-5-4-6-9-15/h5-7,9-10,14-15,17,19-21,24H,4,8,11-13H2,1-3H3,(H,29,30,34);2*4-6,8-9,12,16-19,21H,3,7,10-11,13H2,1-2H3,(H,24,27,28)/t17-,19+,20-,21?,24+,26-,39+;16-,17+,18+,19?,21-,23+,33+;16-,17+,18-,19?,21+,23-,33+/m010/s1. The third kappa shape index (κ3) is 12.6. The van der Waals surface area contributed by atoms with Gasteiger partial charge in [-0.25, -0.2) is 33.6 Å². The minimum atomic E-state index is -1.29. The number of benzene rings is 3. The van der Waals surface area contributed by atoms with E-state index in [0.29, 0.717) is 74.0 Å². The molecule has 105 heavy (non-hydrogen) atoms. The largest absolute Gasteiger partial charge is 0.369 e. The number of hydrogen-bond acceptors (Lipinski definition) is 23. The van der Waals surface area contributed by atoms with Crippen molar-refractivity contribution in [3.8, 4) is 0 Å². The molecule has 30 nitrogen and oxygen atoms in total. The molecular weight excluding hydrogens is 1410 g/mol. The van der Waals surface area contributed by atoms with Crippen LogP contribution < -0.4 is 28.1 Å². The van der Waals surface area contributed by atoms with E-state index in [-0.39, 0.29) is 53.6 Å². The molecule has 12 saturated heterocycles. The fourth-order valence-electron chi connectivity index (χ4n) is 17.1. The van der Waals surface area contributed by atoms with Crippen molar-refractivity contribution in [3.63, 3.8) is 0 Å². The van der Waals surface area contributed by atoms with Crippen molar-refractivity contribution >= 4 is 49.0 Å². The van der Waals surface area contributed by atoms with Gasteiger partial charge in [-0.2, -0.15) is 4.98 Å². The molecule has 0 radical (unpaired) electrons. The number of H-pyrrole nitrogens is 3. The molecule has 558 valence electrons. The molecule has 0 saturated carbocycles. The van der Waals surface area contributed by atoms with Gasteiger partial charge in [-0.3, -0.25) is 43.0 Å². The number of aromatic amines is 3. The van der Waals surface area contributed by atoms with Crippen LogP contribution in [0.3, 0.4) is 0 Å². The number of imidazole rings is 1. The molecule has 0 amide bonds. The molecule has 16 heterocycles. The first-order valence-electron chi connectivity index (χ1n) is 36.5. The van der Waals surface area contributed by atoms with Crippen molar-refractivity contribution in [2.45, 2.75) is 201 Å². The normalized spacial score (nSPS) is 36.3. The summed E-state index contributed by atoms with van der Waals surface area (Å²) < 4.78 is 89.7. The van der Waals surface area contributed by atoms with Gasteiger partial charge in [-0.1, -0.05) is 112 Å². The summed E-state index contributed by atoms with van der Waals surface area (Å²) in [6, 6.07) is 31.9. The van der Waals surface area contributed by atoms with Gasteiger partial charge in [0.25, 0.3) is 42.3 Å². The van der Waals surface area contributed by atoms with Crippen LogP contribution in [0.15, 0.2) is 139 Å². The number of hydrogen-bond donors (Lipinski definition) is 3. The van der Waals surface area contributed by atoms with Gasteiger partial charge < -0.3 is 60.5 Å². The van der Waals surface area contributed by atoms with E-state index in [9.17, 15) is 24.0 Å². The average Bonchev–Trinajstić information content (AvgIpc) is 1.57. The molecule has 0 spiro atoms. The summed E-state index contributed by atoms with van der Waals surface area (Å²) in [4.78, 5) is 83.9. The smallest absolute Gasteiger partial charge is 0.330 e. The highest BCUT2D eigenvalue weighted by atomic mass is 31.2. The van der Waals surface area contributed by atoms with Gasteiger partial charge in [-0.15, -0.1) is 0 Å². The highest BCUT2D eigenvalue weighted by Gasteiger charge is 2.68. The highest BCUT2D eigenvalue weighted by molar-refractivity contribution is 7.45. The third-order valence-corrected chi connectivity index (χ3v) is 27.9. The lowest BCUT2D eigenvalue weighted by Crippen LogP contribution is -2.42. The summed E-state index contributed by atoms with van der Waals surface area (Å²) >= 11 is 0. The summed E-state index contributed by atoms with van der Waals surface area (Å²) in [5.74, 6) is 0.194. The third-order valence-electron chi connectivity index (χ3n) is 22.8. The van der Waals surface area contributed by atoms with Crippen LogP contribution in [0.5, 0.6) is 0 Å². The van der Waals surface area contributed by atoms with Gasteiger partial charge >= 0.3 is 11.4 Å². The number of aromatic nitrogens is 8. The first-order valence-corrected chi connectivity index (χ1v) is 39.9. The van der Waals surface area contributed by atoms with Crippen molar-refractivity contribution in [3.05, 3.63) is 190 Å². The zero-order chi connectivity index (χ0) is 72.2. The first-order chi connectivity index (χ1) is 51.0. The fourth-order valence-corrected chi connectivity index (χ4v) is 23.2. The van der Waals surface area contributed by atoms with E-state index >= 15 is 0 Å². The van der Waals surface area contributed by atoms with Gasteiger partial charge in [0, 0.05) is 75.4 Å². The zero-order valence-electron chi connectivity index (χ0n) is 59.5. The van der Waals surface area contributed by atoms with Crippen LogP contribution in [0, 0.1) is 13.8 Å². The molecule has 19 rings (SSSR count). The maximum Gasteiger partial charge on any atom is 0.330 e. The lowest BCUT2D eigenvalue weighted by atomic mass is 9.96. The SMILES string of the molecule is CC[C@]12CO[C@@H](C1O[P@@]1O[C@H](c3ccccc3)[C@@H]3CCCN31)[C@H](n1cc(C)c(=O)[nH]c1=O)O2.CC[C@]12CO[C@@H](C1O[P@@]1O[C@H](c3ccccc3)[C@@H]3CCCN31)[C@H](n1cnc3c(=O)[nH]c(N=CN(C)C)nc31)O2.CC[C@]12CO[C@@H](C1O[P@]1O[C@@H](c3ccccc3)[C@H]3CCCN31)[C@H](n1cc(C)c(=O)[nH]c1=O)O2. The summed E-state index contributed by atoms with van der Waals surface area (Å²) in [7, 11) is -0.178. The van der Waals surface area contributed by atoms with Gasteiger partial charge in [0.15, 0.2) is 29.8 Å². The number of nitrogens with one attached hydrogen (secondary N) is 3. The number of aliphatic imine (C=N–C) groups is 1. The Morgan fingerprint density at radius 3 is 1.27 bits per heavy atom. The van der Waals surface area contributed by atoms with E-state index in [1.165, 1.54) is 38.2 Å². The number of nitrogens with zero attached hydrogens (tertiary/aromatic N) is 10. The van der Waals surface area contributed by atoms with Gasteiger partial charge in [0.05, 0.1) is 32.5 Å². The maximum atomic E-state index is 12.7. The molecule has 4 aromatic heterocycles. The Kier molecular flexibility index (Phi) is 19.6. The first kappa shape index (κ1) is 71.5. The lowest BCUT2D eigenvalue weighted by molar-refractivity contribution is -0.175. The number of fused-ring (bicyclic) bond motifs is 10. The zero-order valence-corrected chi connectivity index (χ0v) is 62.2. The second kappa shape index (κ2) is 28.8. The van der Waals surface area contributed by atoms with E-state index in [1.54, 1.807) is 36.0 Å². The van der Waals surface area contributed by atoms with Crippen molar-refractivity contribution in [1.82, 2.24) is 57.5 Å². The van der Waals surface area contributed by atoms with Crippen LogP contribution in [0.1, 0.15) is 143 Å². The van der Waals surface area contributed by atoms with Gasteiger partial charge in [0.2, 0.25) is 5.95 Å². The van der Waals surface area contributed by atoms with Crippen LogP contribution >= 0.6 is 25.6 Å².